The van der Waals surface area contributed by atoms with Crippen LogP contribution in [0.4, 0.5) is 13.2 Å². The average Bonchev–Trinajstić information content (AvgIpc) is 3.15. The molecule has 3 aromatic rings. The number of hydrogen-bond donors (Lipinski definition) is 1. The van der Waals surface area contributed by atoms with Crippen LogP contribution in [0.2, 0.25) is 0 Å². The normalized spacial score (nSPS) is 10.9. The highest BCUT2D eigenvalue weighted by Gasteiger charge is 2.11. The van der Waals surface area contributed by atoms with Gasteiger partial charge < -0.3 is 14.6 Å². The topological polar surface area (TPSA) is 77.2 Å². The van der Waals surface area contributed by atoms with Gasteiger partial charge in [-0.3, -0.25) is 4.79 Å². The van der Waals surface area contributed by atoms with E-state index in [2.05, 4.69) is 20.2 Å². The smallest absolute Gasteiger partial charge is 0.387 e. The van der Waals surface area contributed by atoms with E-state index in [1.165, 1.54) is 36.4 Å². The van der Waals surface area contributed by atoms with Crippen molar-refractivity contribution in [2.24, 2.45) is 0 Å². The zero-order valence-corrected chi connectivity index (χ0v) is 14.6. The summed E-state index contributed by atoms with van der Waals surface area (Å²) in [6, 6.07) is 11.7. The van der Waals surface area contributed by atoms with Crippen LogP contribution in [0.1, 0.15) is 17.9 Å². The molecule has 1 amide bonds. The van der Waals surface area contributed by atoms with Gasteiger partial charge in [0.25, 0.3) is 0 Å². The summed E-state index contributed by atoms with van der Waals surface area (Å²) < 4.78 is 46.5. The van der Waals surface area contributed by atoms with E-state index in [1.807, 2.05) is 0 Å². The van der Waals surface area contributed by atoms with Crippen LogP contribution in [-0.4, -0.2) is 22.7 Å². The van der Waals surface area contributed by atoms with Crippen LogP contribution in [0.5, 0.6) is 5.75 Å². The second kappa shape index (κ2) is 9.03. The lowest BCUT2D eigenvalue weighted by molar-refractivity contribution is -0.121. The second-order valence-electron chi connectivity index (χ2n) is 5.82. The number of nitrogens with zero attached hydrogens (tertiary/aromatic N) is 2. The first-order valence-corrected chi connectivity index (χ1v) is 8.38. The summed E-state index contributed by atoms with van der Waals surface area (Å²) in [4.78, 5) is 16.1. The highest BCUT2D eigenvalue weighted by atomic mass is 19.3. The first kappa shape index (κ1) is 19.4. The lowest BCUT2D eigenvalue weighted by Gasteiger charge is -2.07. The van der Waals surface area contributed by atoms with Crippen molar-refractivity contribution in [2.75, 3.05) is 0 Å². The van der Waals surface area contributed by atoms with Gasteiger partial charge in [0, 0.05) is 24.9 Å². The van der Waals surface area contributed by atoms with E-state index >= 15 is 0 Å². The zero-order valence-electron chi connectivity index (χ0n) is 14.6. The molecule has 0 aliphatic rings. The third kappa shape index (κ3) is 5.57. The second-order valence-corrected chi connectivity index (χ2v) is 5.82. The Hall–Kier alpha value is -3.36. The number of halogens is 3. The molecule has 2 aromatic carbocycles. The molecule has 9 heteroatoms. The van der Waals surface area contributed by atoms with E-state index in [-0.39, 0.29) is 36.9 Å². The van der Waals surface area contributed by atoms with Crippen LogP contribution in [0.25, 0.3) is 11.4 Å². The van der Waals surface area contributed by atoms with Crippen molar-refractivity contribution in [2.45, 2.75) is 26.0 Å². The summed E-state index contributed by atoms with van der Waals surface area (Å²) in [7, 11) is 0. The third-order valence-corrected chi connectivity index (χ3v) is 3.77. The fourth-order valence-corrected chi connectivity index (χ4v) is 2.37. The number of carbonyl (C=O) groups excluding carboxylic acids is 1. The van der Waals surface area contributed by atoms with Gasteiger partial charge in [0.05, 0.1) is 0 Å². The van der Waals surface area contributed by atoms with Gasteiger partial charge in [-0.2, -0.15) is 13.8 Å². The molecule has 6 nitrogen and oxygen atoms in total. The molecule has 3 rings (SSSR count). The molecular weight excluding hydrogens is 375 g/mol. The van der Waals surface area contributed by atoms with Gasteiger partial charge >= 0.3 is 6.61 Å². The van der Waals surface area contributed by atoms with E-state index in [0.29, 0.717) is 17.3 Å². The number of aryl methyl sites for hydroxylation is 1. The molecule has 1 N–H and O–H groups in total. The van der Waals surface area contributed by atoms with E-state index < -0.39 is 6.61 Å². The zero-order chi connectivity index (χ0) is 19.9. The Morgan fingerprint density at radius 3 is 2.50 bits per heavy atom. The fraction of sp³-hybridized carbons (Fsp3) is 0.211. The molecule has 28 heavy (non-hydrogen) atoms. The number of ether oxygens (including phenoxy) is 1. The highest BCUT2D eigenvalue weighted by Crippen LogP contribution is 2.17. The Balaban J connectivity index is 1.45. The van der Waals surface area contributed by atoms with Gasteiger partial charge in [-0.25, -0.2) is 4.39 Å². The van der Waals surface area contributed by atoms with Crippen molar-refractivity contribution in [1.82, 2.24) is 15.5 Å². The molecule has 0 unspecified atom stereocenters. The first-order valence-electron chi connectivity index (χ1n) is 8.38. The lowest BCUT2D eigenvalue weighted by Crippen LogP contribution is -2.23. The molecule has 146 valence electrons. The molecule has 0 saturated carbocycles. The van der Waals surface area contributed by atoms with Crippen LogP contribution < -0.4 is 10.1 Å². The molecule has 0 saturated heterocycles. The summed E-state index contributed by atoms with van der Waals surface area (Å²) in [5.74, 6) is 0.0812. The van der Waals surface area contributed by atoms with Crippen molar-refractivity contribution in [1.29, 1.82) is 0 Å². The molecule has 1 heterocycles. The number of amides is 1. The van der Waals surface area contributed by atoms with Crippen molar-refractivity contribution < 1.29 is 27.2 Å². The molecule has 1 aromatic heterocycles. The Kier molecular flexibility index (Phi) is 6.25. The van der Waals surface area contributed by atoms with Crippen molar-refractivity contribution >= 4 is 5.91 Å². The molecule has 0 atom stereocenters. The minimum Gasteiger partial charge on any atom is -0.435 e. The summed E-state index contributed by atoms with van der Waals surface area (Å²) in [5.41, 5.74) is 1.35. The number of hydrogen-bond acceptors (Lipinski definition) is 5. The van der Waals surface area contributed by atoms with E-state index in [0.717, 1.165) is 5.56 Å². The Morgan fingerprint density at radius 1 is 1.11 bits per heavy atom. The van der Waals surface area contributed by atoms with Gasteiger partial charge in [-0.05, 0) is 42.0 Å². The van der Waals surface area contributed by atoms with Gasteiger partial charge in [-0.15, -0.1) is 0 Å². The number of aromatic nitrogens is 2. The fourth-order valence-electron chi connectivity index (χ4n) is 2.37. The number of benzene rings is 2. The predicted molar refractivity (Wildman–Crippen MR) is 92.9 cm³/mol. The standard InChI is InChI=1S/C19H16F3N3O3/c20-14-5-3-13(4-6-14)18-24-17(28-25-18)10-9-16(26)23-11-12-1-7-15(8-2-12)27-19(21)22/h1-8,19H,9-11H2,(H,23,26). The Bertz CT molecular complexity index is 912. The lowest BCUT2D eigenvalue weighted by atomic mass is 10.2. The van der Waals surface area contributed by atoms with Gasteiger partial charge in [0.2, 0.25) is 17.6 Å². The minimum atomic E-state index is -2.88. The van der Waals surface area contributed by atoms with Gasteiger partial charge in [0.1, 0.15) is 11.6 Å². The number of nitrogens with one attached hydrogen (secondary N) is 1. The maximum absolute atomic E-state index is 12.9. The quantitative estimate of drug-likeness (QED) is 0.633. The van der Waals surface area contributed by atoms with Gasteiger partial charge in [0.15, 0.2) is 0 Å². The van der Waals surface area contributed by atoms with Crippen LogP contribution in [-0.2, 0) is 17.8 Å². The van der Waals surface area contributed by atoms with E-state index in [9.17, 15) is 18.0 Å². The summed E-state index contributed by atoms with van der Waals surface area (Å²) in [6.07, 6.45) is 0.388. The van der Waals surface area contributed by atoms with Crippen molar-refractivity contribution in [3.05, 3.63) is 65.8 Å². The third-order valence-electron chi connectivity index (χ3n) is 3.77. The minimum absolute atomic E-state index is 0.0541. The Labute approximate surface area is 158 Å². The Morgan fingerprint density at radius 2 is 1.82 bits per heavy atom. The highest BCUT2D eigenvalue weighted by molar-refractivity contribution is 5.76. The SMILES string of the molecule is O=C(CCc1nc(-c2ccc(F)cc2)no1)NCc1ccc(OC(F)F)cc1. The molecule has 0 radical (unpaired) electrons. The van der Waals surface area contributed by atoms with Crippen LogP contribution in [0.3, 0.4) is 0 Å². The molecular formula is C19H16F3N3O3. The first-order chi connectivity index (χ1) is 13.5. The largest absolute Gasteiger partial charge is 0.435 e. The summed E-state index contributed by atoms with van der Waals surface area (Å²) in [5, 5.41) is 6.53. The van der Waals surface area contributed by atoms with Crippen LogP contribution in [0.15, 0.2) is 53.1 Å². The maximum atomic E-state index is 12.9. The van der Waals surface area contributed by atoms with Crippen LogP contribution >= 0.6 is 0 Å². The van der Waals surface area contributed by atoms with Gasteiger partial charge in [-0.1, -0.05) is 17.3 Å². The van der Waals surface area contributed by atoms with E-state index in [1.54, 1.807) is 12.1 Å². The molecule has 0 bridgehead atoms. The predicted octanol–water partition coefficient (Wildman–Crippen LogP) is 3.73. The summed E-state index contributed by atoms with van der Waals surface area (Å²) in [6.45, 7) is -2.63. The maximum Gasteiger partial charge on any atom is 0.387 e. The average molecular weight is 391 g/mol. The molecule has 0 fully saturated rings. The van der Waals surface area contributed by atoms with E-state index in [4.69, 9.17) is 4.52 Å². The van der Waals surface area contributed by atoms with Crippen molar-refractivity contribution in [3.8, 4) is 17.1 Å². The molecule has 0 spiro atoms. The number of alkyl halides is 2. The summed E-state index contributed by atoms with van der Waals surface area (Å²) >= 11 is 0. The number of rotatable bonds is 8. The molecule has 0 aliphatic heterocycles. The van der Waals surface area contributed by atoms with Crippen LogP contribution in [0, 0.1) is 5.82 Å². The van der Waals surface area contributed by atoms with Crippen molar-refractivity contribution in [3.63, 3.8) is 0 Å². The molecule has 0 aliphatic carbocycles. The monoisotopic (exact) mass is 391 g/mol. The number of carbonyl (C=O) groups is 1.